The van der Waals surface area contributed by atoms with Crippen LogP contribution in [-0.2, 0) is 9.47 Å². The Morgan fingerprint density at radius 1 is 1.27 bits per heavy atom. The fraction of sp³-hybridized carbons (Fsp3) is 1.00. The van der Waals surface area contributed by atoms with Gasteiger partial charge in [-0.15, -0.1) is 0 Å². The Bertz CT molecular complexity index is 134. The number of rotatable bonds is 1. The van der Waals surface area contributed by atoms with Crippen LogP contribution in [0.25, 0.3) is 0 Å². The lowest BCUT2D eigenvalue weighted by Gasteiger charge is -2.38. The van der Waals surface area contributed by atoms with Crippen LogP contribution < -0.4 is 5.73 Å². The molecule has 0 radical (unpaired) electrons. The third kappa shape index (κ3) is 1.41. The van der Waals surface area contributed by atoms with Crippen LogP contribution in [0, 0.1) is 5.41 Å². The van der Waals surface area contributed by atoms with E-state index in [4.69, 9.17) is 15.2 Å². The lowest BCUT2D eigenvalue weighted by Crippen LogP contribution is -2.50. The van der Waals surface area contributed by atoms with Gasteiger partial charge in [-0.2, -0.15) is 0 Å². The molecule has 1 heterocycles. The zero-order chi connectivity index (χ0) is 8.54. The lowest BCUT2D eigenvalue weighted by atomic mass is 9.85. The summed E-state index contributed by atoms with van der Waals surface area (Å²) in [4.78, 5) is 0. The summed E-state index contributed by atoms with van der Waals surface area (Å²) in [6, 6.07) is 0. The summed E-state index contributed by atoms with van der Waals surface area (Å²) in [6.07, 6.45) is 0. The molecule has 0 bridgehead atoms. The molecule has 66 valence electrons. The first-order valence-corrected chi connectivity index (χ1v) is 4.00. The minimum atomic E-state index is -0.549. The van der Waals surface area contributed by atoms with Crippen molar-refractivity contribution in [1.29, 1.82) is 0 Å². The molecule has 0 aromatic rings. The Morgan fingerprint density at radius 3 is 1.91 bits per heavy atom. The van der Waals surface area contributed by atoms with Crippen LogP contribution in [0.5, 0.6) is 0 Å². The van der Waals surface area contributed by atoms with Crippen LogP contribution >= 0.6 is 0 Å². The summed E-state index contributed by atoms with van der Waals surface area (Å²) in [6.45, 7) is 7.97. The van der Waals surface area contributed by atoms with Gasteiger partial charge in [-0.3, -0.25) is 0 Å². The van der Waals surface area contributed by atoms with Crippen LogP contribution in [-0.4, -0.2) is 25.5 Å². The van der Waals surface area contributed by atoms with E-state index in [2.05, 4.69) is 20.8 Å². The highest BCUT2D eigenvalue weighted by Crippen LogP contribution is 2.36. The smallest absolute Gasteiger partial charge is 0.185 e. The average Bonchev–Trinajstić information content (AvgIpc) is 2.33. The van der Waals surface area contributed by atoms with Gasteiger partial charge in [0.25, 0.3) is 0 Å². The first-order chi connectivity index (χ1) is 5.02. The third-order valence-corrected chi connectivity index (χ3v) is 2.17. The topological polar surface area (TPSA) is 44.5 Å². The molecule has 3 heteroatoms. The number of hydrogen-bond acceptors (Lipinski definition) is 3. The Hall–Kier alpha value is -0.120. The summed E-state index contributed by atoms with van der Waals surface area (Å²) in [5.41, 5.74) is 5.56. The van der Waals surface area contributed by atoms with E-state index < -0.39 is 5.79 Å². The summed E-state index contributed by atoms with van der Waals surface area (Å²) in [5, 5.41) is 0. The normalized spacial score (nSPS) is 24.0. The number of hydrogen-bond donors (Lipinski definition) is 1. The third-order valence-electron chi connectivity index (χ3n) is 2.17. The molecule has 1 fully saturated rings. The van der Waals surface area contributed by atoms with E-state index in [1.54, 1.807) is 0 Å². The molecule has 3 nitrogen and oxygen atoms in total. The SMILES string of the molecule is CC(C)(C)C1(CN)OCCO1. The van der Waals surface area contributed by atoms with Crippen molar-refractivity contribution < 1.29 is 9.47 Å². The predicted octanol–water partition coefficient (Wildman–Crippen LogP) is 0.734. The van der Waals surface area contributed by atoms with Crippen LogP contribution in [0.4, 0.5) is 0 Å². The summed E-state index contributed by atoms with van der Waals surface area (Å²) in [5.74, 6) is -0.549. The van der Waals surface area contributed by atoms with Gasteiger partial charge in [0.2, 0.25) is 0 Å². The fourth-order valence-corrected chi connectivity index (χ4v) is 1.31. The molecule has 11 heavy (non-hydrogen) atoms. The first-order valence-electron chi connectivity index (χ1n) is 4.00. The van der Waals surface area contributed by atoms with Crippen molar-refractivity contribution in [2.75, 3.05) is 19.8 Å². The maximum Gasteiger partial charge on any atom is 0.185 e. The quantitative estimate of drug-likeness (QED) is 0.613. The van der Waals surface area contributed by atoms with Crippen molar-refractivity contribution >= 4 is 0 Å². The van der Waals surface area contributed by atoms with Crippen molar-refractivity contribution in [2.24, 2.45) is 11.1 Å². The molecule has 0 unspecified atom stereocenters. The molecule has 0 aromatic heterocycles. The van der Waals surface area contributed by atoms with Gasteiger partial charge >= 0.3 is 0 Å². The van der Waals surface area contributed by atoms with E-state index in [0.717, 1.165) is 0 Å². The number of nitrogens with two attached hydrogens (primary N) is 1. The second-order valence-electron chi connectivity index (χ2n) is 3.90. The molecule has 2 N–H and O–H groups in total. The molecule has 0 aromatic carbocycles. The second kappa shape index (κ2) is 2.73. The molecule has 1 aliphatic heterocycles. The van der Waals surface area contributed by atoms with Crippen molar-refractivity contribution in [2.45, 2.75) is 26.6 Å². The zero-order valence-electron chi connectivity index (χ0n) is 7.52. The van der Waals surface area contributed by atoms with Gasteiger partial charge in [-0.05, 0) is 0 Å². The number of ether oxygens (including phenoxy) is 2. The van der Waals surface area contributed by atoms with E-state index in [0.29, 0.717) is 19.8 Å². The summed E-state index contributed by atoms with van der Waals surface area (Å²) in [7, 11) is 0. The van der Waals surface area contributed by atoms with Crippen molar-refractivity contribution in [3.8, 4) is 0 Å². The van der Waals surface area contributed by atoms with Crippen molar-refractivity contribution in [3.63, 3.8) is 0 Å². The van der Waals surface area contributed by atoms with Crippen molar-refractivity contribution in [3.05, 3.63) is 0 Å². The Morgan fingerprint density at radius 2 is 1.73 bits per heavy atom. The monoisotopic (exact) mass is 159 g/mol. The largest absolute Gasteiger partial charge is 0.346 e. The van der Waals surface area contributed by atoms with Crippen molar-refractivity contribution in [1.82, 2.24) is 0 Å². The van der Waals surface area contributed by atoms with Gasteiger partial charge in [0.15, 0.2) is 5.79 Å². The average molecular weight is 159 g/mol. The van der Waals surface area contributed by atoms with Crippen LogP contribution in [0.1, 0.15) is 20.8 Å². The predicted molar refractivity (Wildman–Crippen MR) is 43.1 cm³/mol. The lowest BCUT2D eigenvalue weighted by molar-refractivity contribution is -0.214. The molecule has 1 saturated heterocycles. The van der Waals surface area contributed by atoms with E-state index in [9.17, 15) is 0 Å². The van der Waals surface area contributed by atoms with E-state index in [-0.39, 0.29) is 5.41 Å². The Labute approximate surface area is 67.9 Å². The van der Waals surface area contributed by atoms with Crippen LogP contribution in [0.2, 0.25) is 0 Å². The molecule has 0 amide bonds. The maximum absolute atomic E-state index is 5.60. The van der Waals surface area contributed by atoms with E-state index >= 15 is 0 Å². The Balaban J connectivity index is 2.75. The highest BCUT2D eigenvalue weighted by Gasteiger charge is 2.46. The molecule has 0 spiro atoms. The van der Waals surface area contributed by atoms with Crippen LogP contribution in [0.3, 0.4) is 0 Å². The highest BCUT2D eigenvalue weighted by atomic mass is 16.7. The zero-order valence-corrected chi connectivity index (χ0v) is 7.52. The van der Waals surface area contributed by atoms with Gasteiger partial charge in [-0.1, -0.05) is 20.8 Å². The Kier molecular flexibility index (Phi) is 2.23. The van der Waals surface area contributed by atoms with Gasteiger partial charge < -0.3 is 15.2 Å². The standard InChI is InChI=1S/C8H17NO2/c1-7(2,3)8(6-9)10-4-5-11-8/h4-6,9H2,1-3H3. The van der Waals surface area contributed by atoms with Gasteiger partial charge in [-0.25, -0.2) is 0 Å². The highest BCUT2D eigenvalue weighted by molar-refractivity contribution is 4.87. The maximum atomic E-state index is 5.60. The molecule has 0 atom stereocenters. The summed E-state index contributed by atoms with van der Waals surface area (Å²) < 4.78 is 11.0. The molecule has 1 rings (SSSR count). The van der Waals surface area contributed by atoms with E-state index in [1.165, 1.54) is 0 Å². The van der Waals surface area contributed by atoms with Crippen LogP contribution in [0.15, 0.2) is 0 Å². The first kappa shape index (κ1) is 8.97. The fourth-order valence-electron chi connectivity index (χ4n) is 1.31. The van der Waals surface area contributed by atoms with Gasteiger partial charge in [0.05, 0.1) is 13.2 Å². The van der Waals surface area contributed by atoms with E-state index in [1.807, 2.05) is 0 Å². The van der Waals surface area contributed by atoms with Gasteiger partial charge in [0.1, 0.15) is 0 Å². The second-order valence-corrected chi connectivity index (χ2v) is 3.90. The molecule has 0 saturated carbocycles. The molecular weight excluding hydrogens is 142 g/mol. The molecular formula is C8H17NO2. The summed E-state index contributed by atoms with van der Waals surface area (Å²) >= 11 is 0. The molecule has 1 aliphatic rings. The molecule has 0 aliphatic carbocycles. The minimum absolute atomic E-state index is 0.0434. The van der Waals surface area contributed by atoms with Gasteiger partial charge in [0, 0.05) is 12.0 Å². The minimum Gasteiger partial charge on any atom is -0.346 e.